The average Bonchev–Trinajstić information content (AvgIpc) is 3.09. The van der Waals surface area contributed by atoms with E-state index in [9.17, 15) is 34.3 Å². The lowest BCUT2D eigenvalue weighted by Crippen LogP contribution is -2.29. The highest BCUT2D eigenvalue weighted by Gasteiger charge is 2.47. The second kappa shape index (κ2) is 9.48. The molecule has 12 heteroatoms. The van der Waals surface area contributed by atoms with Gasteiger partial charge in [-0.15, -0.1) is 0 Å². The van der Waals surface area contributed by atoms with Crippen LogP contribution in [0.3, 0.4) is 0 Å². The summed E-state index contributed by atoms with van der Waals surface area (Å²) in [4.78, 5) is 37.8. The second-order valence-corrected chi connectivity index (χ2v) is 8.44. The van der Waals surface area contributed by atoms with Crippen molar-refractivity contribution in [1.29, 1.82) is 0 Å². The normalized spacial score (nSPS) is 16.9. The maximum absolute atomic E-state index is 14.0. The van der Waals surface area contributed by atoms with Gasteiger partial charge in [-0.3, -0.25) is 24.6 Å². The van der Waals surface area contributed by atoms with E-state index < -0.39 is 51.2 Å². The minimum Gasteiger partial charge on any atom is -0.507 e. The molecule has 1 saturated heterocycles. The first kappa shape index (κ1) is 25.0. The fraction of sp³-hybridized carbons (Fsp3) is 0.0833. The van der Waals surface area contributed by atoms with Crippen molar-refractivity contribution in [2.24, 2.45) is 0 Å². The monoisotopic (exact) mass is 532 g/mol. The summed E-state index contributed by atoms with van der Waals surface area (Å²) in [6, 6.07) is 9.09. The number of nitrogens with zero attached hydrogens (tertiary/aromatic N) is 2. The topological polar surface area (TPSA) is 130 Å². The number of phenols is 1. The Bertz CT molecular complexity index is 1450. The first-order chi connectivity index (χ1) is 17.0. The highest BCUT2D eigenvalue weighted by atomic mass is 35.5. The molecule has 0 aromatic heterocycles. The summed E-state index contributed by atoms with van der Waals surface area (Å²) in [5.41, 5.74) is -1.24. The van der Waals surface area contributed by atoms with Gasteiger partial charge in [-0.05, 0) is 42.0 Å². The molecule has 9 nitrogen and oxygen atoms in total. The Morgan fingerprint density at radius 2 is 1.78 bits per heavy atom. The molecule has 1 fully saturated rings. The van der Waals surface area contributed by atoms with Crippen LogP contribution in [0.15, 0.2) is 60.2 Å². The number of rotatable bonds is 5. The van der Waals surface area contributed by atoms with Crippen molar-refractivity contribution in [3.8, 4) is 11.5 Å². The highest BCUT2D eigenvalue weighted by Crippen LogP contribution is 2.45. The SMILES string of the molecule is COc1c(Cl)cc(/C(O)=C2\C(=O)C(=O)N(c3cccc(F)c3)C2c2ccc(O)c([N+](=O)[O-])c2)cc1Cl. The summed E-state index contributed by atoms with van der Waals surface area (Å²) in [6.45, 7) is 0. The first-order valence-corrected chi connectivity index (χ1v) is 10.9. The second-order valence-electron chi connectivity index (χ2n) is 7.63. The number of halogens is 3. The lowest BCUT2D eigenvalue weighted by Gasteiger charge is -2.25. The van der Waals surface area contributed by atoms with Gasteiger partial charge in [0.05, 0.1) is 33.7 Å². The number of aliphatic hydroxyl groups excluding tert-OH is 1. The number of anilines is 1. The van der Waals surface area contributed by atoms with Crippen LogP contribution in [-0.2, 0) is 9.59 Å². The molecule has 1 aliphatic heterocycles. The molecule has 2 N–H and O–H groups in total. The van der Waals surface area contributed by atoms with Crippen molar-refractivity contribution in [2.75, 3.05) is 12.0 Å². The maximum Gasteiger partial charge on any atom is 0.311 e. The Kier molecular flexibility index (Phi) is 6.57. The summed E-state index contributed by atoms with van der Waals surface area (Å²) >= 11 is 12.3. The number of ether oxygens (including phenoxy) is 1. The Balaban J connectivity index is 2.01. The van der Waals surface area contributed by atoms with Crippen molar-refractivity contribution >= 4 is 52.0 Å². The zero-order chi connectivity index (χ0) is 26.3. The van der Waals surface area contributed by atoms with Gasteiger partial charge in [-0.25, -0.2) is 4.39 Å². The van der Waals surface area contributed by atoms with Crippen LogP contribution in [0, 0.1) is 15.9 Å². The molecule has 1 amide bonds. The van der Waals surface area contributed by atoms with Crippen LogP contribution < -0.4 is 9.64 Å². The molecule has 3 aromatic carbocycles. The number of methoxy groups -OCH3 is 1. The molecule has 1 heterocycles. The summed E-state index contributed by atoms with van der Waals surface area (Å²) in [6.07, 6.45) is 0. The van der Waals surface area contributed by atoms with E-state index in [1.165, 1.54) is 37.4 Å². The Morgan fingerprint density at radius 1 is 1.11 bits per heavy atom. The first-order valence-electron chi connectivity index (χ1n) is 10.1. The fourth-order valence-corrected chi connectivity index (χ4v) is 4.59. The molecule has 0 bridgehead atoms. The van der Waals surface area contributed by atoms with Gasteiger partial charge in [-0.1, -0.05) is 35.3 Å². The van der Waals surface area contributed by atoms with E-state index in [4.69, 9.17) is 27.9 Å². The van der Waals surface area contributed by atoms with Gasteiger partial charge in [0, 0.05) is 17.3 Å². The fourth-order valence-electron chi connectivity index (χ4n) is 3.94. The van der Waals surface area contributed by atoms with Crippen molar-refractivity contribution in [3.05, 3.63) is 97.3 Å². The number of carbonyl (C=O) groups is 2. The van der Waals surface area contributed by atoms with Crippen LogP contribution in [0.2, 0.25) is 10.0 Å². The minimum atomic E-state index is -1.43. The van der Waals surface area contributed by atoms with Crippen LogP contribution in [-0.4, -0.2) is 33.9 Å². The molecule has 36 heavy (non-hydrogen) atoms. The smallest absolute Gasteiger partial charge is 0.311 e. The van der Waals surface area contributed by atoms with E-state index in [0.717, 1.165) is 29.2 Å². The molecule has 1 atom stereocenters. The number of benzene rings is 3. The number of amides is 1. The summed E-state index contributed by atoms with van der Waals surface area (Å²) in [5, 5.41) is 32.5. The molecular formula is C24H15Cl2FN2O7. The van der Waals surface area contributed by atoms with Gasteiger partial charge < -0.3 is 14.9 Å². The van der Waals surface area contributed by atoms with E-state index >= 15 is 0 Å². The van der Waals surface area contributed by atoms with E-state index in [1.54, 1.807) is 0 Å². The van der Waals surface area contributed by atoms with Gasteiger partial charge in [0.25, 0.3) is 11.7 Å². The number of nitro benzene ring substituents is 1. The van der Waals surface area contributed by atoms with Crippen molar-refractivity contribution in [3.63, 3.8) is 0 Å². The van der Waals surface area contributed by atoms with Crippen LogP contribution in [0.1, 0.15) is 17.2 Å². The van der Waals surface area contributed by atoms with Gasteiger partial charge in [0.15, 0.2) is 11.5 Å². The molecular weight excluding hydrogens is 518 g/mol. The number of hydrogen-bond acceptors (Lipinski definition) is 7. The lowest BCUT2D eigenvalue weighted by atomic mass is 9.94. The van der Waals surface area contributed by atoms with E-state index in [2.05, 4.69) is 0 Å². The van der Waals surface area contributed by atoms with Crippen molar-refractivity contribution < 1.29 is 33.9 Å². The number of carbonyl (C=O) groups excluding carboxylic acids is 2. The van der Waals surface area contributed by atoms with Crippen LogP contribution in [0.5, 0.6) is 11.5 Å². The number of aliphatic hydroxyl groups is 1. The number of nitro groups is 1. The predicted octanol–water partition coefficient (Wildman–Crippen LogP) is 5.38. The van der Waals surface area contributed by atoms with E-state index in [0.29, 0.717) is 0 Å². The Labute approximate surface area is 212 Å². The van der Waals surface area contributed by atoms with Crippen molar-refractivity contribution in [2.45, 2.75) is 6.04 Å². The van der Waals surface area contributed by atoms with Gasteiger partial charge in [-0.2, -0.15) is 0 Å². The number of Topliss-reactive ketones (excluding diaryl/α,β-unsaturated/α-hetero) is 1. The van der Waals surface area contributed by atoms with Crippen LogP contribution in [0.25, 0.3) is 5.76 Å². The number of aromatic hydroxyl groups is 1. The molecule has 1 aliphatic rings. The van der Waals surface area contributed by atoms with Crippen LogP contribution >= 0.6 is 23.2 Å². The van der Waals surface area contributed by atoms with Gasteiger partial charge in [0.1, 0.15) is 11.6 Å². The van der Waals surface area contributed by atoms with Gasteiger partial charge in [0.2, 0.25) is 0 Å². The third-order valence-electron chi connectivity index (χ3n) is 5.52. The summed E-state index contributed by atoms with van der Waals surface area (Å²) in [7, 11) is 1.33. The van der Waals surface area contributed by atoms with E-state index in [-0.39, 0.29) is 32.6 Å². The number of ketones is 1. The summed E-state index contributed by atoms with van der Waals surface area (Å²) in [5.74, 6) is -4.19. The standard InChI is InChI=1S/C24H15Cl2FN2O7/c1-36-23-15(25)7-12(8-16(23)26)21(31)19-20(11-5-6-18(30)17(9-11)29(34)35)28(24(33)22(19)32)14-4-2-3-13(27)10-14/h2-10,20,30-31H,1H3/b21-19+. The maximum atomic E-state index is 14.0. The summed E-state index contributed by atoms with van der Waals surface area (Å²) < 4.78 is 19.1. The quantitative estimate of drug-likeness (QED) is 0.148. The molecule has 0 spiro atoms. The minimum absolute atomic E-state index is 0.00253. The zero-order valence-electron chi connectivity index (χ0n) is 18.2. The molecule has 0 saturated carbocycles. The molecule has 3 aromatic rings. The third-order valence-corrected chi connectivity index (χ3v) is 6.08. The molecule has 184 valence electrons. The highest BCUT2D eigenvalue weighted by molar-refractivity contribution is 6.51. The lowest BCUT2D eigenvalue weighted by molar-refractivity contribution is -0.385. The molecule has 0 aliphatic carbocycles. The third kappa shape index (κ3) is 4.21. The van der Waals surface area contributed by atoms with Crippen molar-refractivity contribution in [1.82, 2.24) is 0 Å². The predicted molar refractivity (Wildman–Crippen MR) is 129 cm³/mol. The van der Waals surface area contributed by atoms with Gasteiger partial charge >= 0.3 is 5.69 Å². The molecule has 1 unspecified atom stereocenters. The Hall–Kier alpha value is -4.15. The largest absolute Gasteiger partial charge is 0.507 e. The Morgan fingerprint density at radius 3 is 2.36 bits per heavy atom. The van der Waals surface area contributed by atoms with Crippen LogP contribution in [0.4, 0.5) is 15.8 Å². The zero-order valence-corrected chi connectivity index (χ0v) is 19.7. The molecule has 0 radical (unpaired) electrons. The molecule has 4 rings (SSSR count). The van der Waals surface area contributed by atoms with E-state index in [1.807, 2.05) is 0 Å². The number of hydrogen-bond donors (Lipinski definition) is 2. The average molecular weight is 533 g/mol. The number of phenolic OH excluding ortho intramolecular Hbond substituents is 1.